The third kappa shape index (κ3) is 5.90. The molecule has 0 aromatic heterocycles. The molecule has 0 aliphatic carbocycles. The number of rotatable bonds is 9. The Kier molecular flexibility index (Phi) is 7.98. The summed E-state index contributed by atoms with van der Waals surface area (Å²) in [6, 6.07) is -0.744. The van der Waals surface area contributed by atoms with Crippen molar-refractivity contribution in [2.75, 3.05) is 34.4 Å². The SMILES string of the molecule is [B][C@@H]1OC(C(CC)OP(=O)(O)O)[C@@H](OC)[C@H]1OCCN(C)C. The molecule has 0 amide bonds. The Hall–Kier alpha value is 0.0149. The fraction of sp³-hybridized carbons (Fsp3) is 1.00. The summed E-state index contributed by atoms with van der Waals surface area (Å²) in [4.78, 5) is 20.0. The van der Waals surface area contributed by atoms with E-state index in [2.05, 4.69) is 0 Å². The fourth-order valence-electron chi connectivity index (χ4n) is 2.38. The quantitative estimate of drug-likeness (QED) is 0.438. The lowest BCUT2D eigenvalue weighted by atomic mass is 9.92. The lowest BCUT2D eigenvalue weighted by Crippen LogP contribution is -2.42. The van der Waals surface area contributed by atoms with Crippen molar-refractivity contribution in [2.45, 2.75) is 43.8 Å². The van der Waals surface area contributed by atoms with E-state index in [4.69, 9.17) is 36.4 Å². The number of phosphoric acid groups is 1. The maximum absolute atomic E-state index is 11.1. The van der Waals surface area contributed by atoms with E-state index in [0.29, 0.717) is 19.6 Å². The van der Waals surface area contributed by atoms with Gasteiger partial charge in [0, 0.05) is 19.7 Å². The van der Waals surface area contributed by atoms with E-state index in [1.165, 1.54) is 7.11 Å². The van der Waals surface area contributed by atoms with E-state index >= 15 is 0 Å². The smallest absolute Gasteiger partial charge is 0.376 e. The first-order valence-corrected chi connectivity index (χ1v) is 8.66. The third-order valence-electron chi connectivity index (χ3n) is 3.45. The summed E-state index contributed by atoms with van der Waals surface area (Å²) >= 11 is 0. The first-order valence-electron chi connectivity index (χ1n) is 7.13. The second-order valence-corrected chi connectivity index (χ2v) is 6.64. The summed E-state index contributed by atoms with van der Waals surface area (Å²) in [5.74, 6) is 0. The van der Waals surface area contributed by atoms with Crippen molar-refractivity contribution in [3.63, 3.8) is 0 Å². The van der Waals surface area contributed by atoms with Crippen molar-refractivity contribution >= 4 is 15.7 Å². The molecule has 2 radical (unpaired) electrons. The number of likely N-dealkylation sites (N-methyl/N-ethyl adjacent to an activating group) is 1. The van der Waals surface area contributed by atoms with Crippen LogP contribution in [-0.2, 0) is 23.3 Å². The van der Waals surface area contributed by atoms with Crippen LogP contribution in [0.1, 0.15) is 13.3 Å². The molecule has 128 valence electrons. The molecule has 0 saturated carbocycles. The molecular weight excluding hydrogens is 312 g/mol. The molecule has 0 aromatic rings. The van der Waals surface area contributed by atoms with Crippen LogP contribution >= 0.6 is 7.82 Å². The number of hydrogen-bond acceptors (Lipinski definition) is 6. The van der Waals surface area contributed by atoms with Gasteiger partial charge in [-0.3, -0.25) is 4.52 Å². The minimum absolute atomic E-state index is 0.340. The maximum Gasteiger partial charge on any atom is 0.469 e. The average molecular weight is 337 g/mol. The second kappa shape index (κ2) is 8.75. The molecule has 1 saturated heterocycles. The number of phosphoric ester groups is 1. The average Bonchev–Trinajstić information content (AvgIpc) is 2.71. The molecule has 1 aliphatic heterocycles. The number of methoxy groups -OCH3 is 1. The highest BCUT2D eigenvalue weighted by Gasteiger charge is 2.47. The van der Waals surface area contributed by atoms with Gasteiger partial charge < -0.3 is 28.9 Å². The van der Waals surface area contributed by atoms with Crippen molar-refractivity contribution in [3.8, 4) is 0 Å². The Labute approximate surface area is 132 Å². The summed E-state index contributed by atoms with van der Waals surface area (Å²) < 4.78 is 32.5. The summed E-state index contributed by atoms with van der Waals surface area (Å²) in [5, 5.41) is 0. The molecule has 1 rings (SSSR count). The van der Waals surface area contributed by atoms with Gasteiger partial charge in [-0.05, 0) is 20.5 Å². The molecule has 10 heteroatoms. The predicted molar refractivity (Wildman–Crippen MR) is 80.7 cm³/mol. The van der Waals surface area contributed by atoms with Gasteiger partial charge in [-0.25, -0.2) is 4.57 Å². The Balaban J connectivity index is 2.73. The largest absolute Gasteiger partial charge is 0.469 e. The summed E-state index contributed by atoms with van der Waals surface area (Å²) in [5.41, 5.74) is 0. The normalized spacial score (nSPS) is 30.9. The highest BCUT2D eigenvalue weighted by Crippen LogP contribution is 2.41. The molecule has 0 bridgehead atoms. The van der Waals surface area contributed by atoms with Gasteiger partial charge in [-0.1, -0.05) is 6.92 Å². The van der Waals surface area contributed by atoms with Gasteiger partial charge in [0.05, 0.1) is 12.7 Å². The zero-order valence-electron chi connectivity index (χ0n) is 13.4. The van der Waals surface area contributed by atoms with Crippen LogP contribution in [0, 0.1) is 0 Å². The van der Waals surface area contributed by atoms with Crippen LogP contribution in [0.25, 0.3) is 0 Å². The molecule has 1 fully saturated rings. The number of hydrogen-bond donors (Lipinski definition) is 2. The highest BCUT2D eigenvalue weighted by atomic mass is 31.2. The van der Waals surface area contributed by atoms with E-state index in [0.717, 1.165) is 0 Å². The van der Waals surface area contributed by atoms with Crippen LogP contribution in [0.2, 0.25) is 0 Å². The predicted octanol–water partition coefficient (Wildman–Crippen LogP) is -0.270. The van der Waals surface area contributed by atoms with Gasteiger partial charge in [0.2, 0.25) is 0 Å². The Morgan fingerprint density at radius 1 is 1.36 bits per heavy atom. The highest BCUT2D eigenvalue weighted by molar-refractivity contribution is 7.46. The standard InChI is InChI=1S/C12H25BNO7P/c1-5-8(21-22(15,16)17)9-10(18-4)11(12(13)20-9)19-7-6-14(2)3/h8-12H,5-7H2,1-4H3,(H2,15,16,17)/t8?,9?,10-,11-,12-/m1/s1. The van der Waals surface area contributed by atoms with Gasteiger partial charge in [0.1, 0.15) is 26.2 Å². The van der Waals surface area contributed by atoms with Crippen molar-refractivity contribution in [1.29, 1.82) is 0 Å². The molecular formula is C12H25BNO7P. The van der Waals surface area contributed by atoms with Crippen LogP contribution in [0.5, 0.6) is 0 Å². The molecule has 2 unspecified atom stereocenters. The van der Waals surface area contributed by atoms with Crippen molar-refractivity contribution in [3.05, 3.63) is 0 Å². The molecule has 0 aromatic carbocycles. The lowest BCUT2D eigenvalue weighted by Gasteiger charge is -2.28. The molecule has 22 heavy (non-hydrogen) atoms. The van der Waals surface area contributed by atoms with Crippen molar-refractivity contribution < 1.29 is 33.1 Å². The molecule has 5 atom stereocenters. The topological polar surface area (TPSA) is 97.7 Å². The third-order valence-corrected chi connectivity index (χ3v) is 3.99. The monoisotopic (exact) mass is 337 g/mol. The maximum atomic E-state index is 11.1. The lowest BCUT2D eigenvalue weighted by molar-refractivity contribution is -0.0749. The van der Waals surface area contributed by atoms with Crippen LogP contribution in [0.4, 0.5) is 0 Å². The Morgan fingerprint density at radius 3 is 2.45 bits per heavy atom. The van der Waals surface area contributed by atoms with Crippen LogP contribution in [-0.4, -0.2) is 87.3 Å². The fourth-order valence-corrected chi connectivity index (χ4v) is 3.00. The van der Waals surface area contributed by atoms with Gasteiger partial charge in [-0.2, -0.15) is 0 Å². The van der Waals surface area contributed by atoms with Gasteiger partial charge >= 0.3 is 7.82 Å². The first-order chi connectivity index (χ1) is 10.2. The van der Waals surface area contributed by atoms with Gasteiger partial charge in [0.15, 0.2) is 0 Å². The van der Waals surface area contributed by atoms with E-state index in [-0.39, 0.29) is 0 Å². The number of nitrogens with zero attached hydrogens (tertiary/aromatic N) is 1. The van der Waals surface area contributed by atoms with Crippen molar-refractivity contribution in [2.24, 2.45) is 0 Å². The zero-order chi connectivity index (χ0) is 16.9. The van der Waals surface area contributed by atoms with Crippen LogP contribution < -0.4 is 0 Å². The Morgan fingerprint density at radius 2 is 2.00 bits per heavy atom. The Bertz CT molecular complexity index is 380. The van der Waals surface area contributed by atoms with Crippen molar-refractivity contribution in [1.82, 2.24) is 4.90 Å². The summed E-state index contributed by atoms with van der Waals surface area (Å²) in [6.07, 6.45) is -2.29. The van der Waals surface area contributed by atoms with Crippen LogP contribution in [0.15, 0.2) is 0 Å². The minimum atomic E-state index is -4.63. The molecule has 2 N–H and O–H groups in total. The second-order valence-electron chi connectivity index (χ2n) is 5.45. The van der Waals surface area contributed by atoms with E-state index < -0.39 is 38.2 Å². The number of ether oxygens (including phenoxy) is 3. The van der Waals surface area contributed by atoms with Gasteiger partial charge in [0.25, 0.3) is 0 Å². The van der Waals surface area contributed by atoms with E-state index in [1.54, 1.807) is 6.92 Å². The van der Waals surface area contributed by atoms with E-state index in [1.807, 2.05) is 19.0 Å². The summed E-state index contributed by atoms with van der Waals surface area (Å²) in [7, 11) is 6.62. The molecule has 8 nitrogen and oxygen atoms in total. The molecule has 1 heterocycles. The molecule has 1 aliphatic rings. The minimum Gasteiger partial charge on any atom is -0.376 e. The first kappa shape index (κ1) is 20.1. The molecule has 0 spiro atoms. The van der Waals surface area contributed by atoms with E-state index in [9.17, 15) is 4.57 Å². The summed E-state index contributed by atoms with van der Waals surface area (Å²) in [6.45, 7) is 2.89. The van der Waals surface area contributed by atoms with Gasteiger partial charge in [-0.15, -0.1) is 0 Å². The zero-order valence-corrected chi connectivity index (χ0v) is 14.3. The van der Waals surface area contributed by atoms with Crippen LogP contribution in [0.3, 0.4) is 0 Å².